The summed E-state index contributed by atoms with van der Waals surface area (Å²) in [4.78, 5) is 11.8. The summed E-state index contributed by atoms with van der Waals surface area (Å²) in [5, 5.41) is 6.20. The summed E-state index contributed by atoms with van der Waals surface area (Å²) in [6.45, 7) is 5.63. The van der Waals surface area contributed by atoms with Crippen molar-refractivity contribution in [3.05, 3.63) is 12.2 Å². The van der Waals surface area contributed by atoms with E-state index in [1.54, 1.807) is 0 Å². The number of nitrogens with one attached hydrogen (secondary N) is 2. The van der Waals surface area contributed by atoms with Crippen molar-refractivity contribution in [1.29, 1.82) is 0 Å². The van der Waals surface area contributed by atoms with Crippen LogP contribution in [-0.2, 0) is 4.74 Å². The van der Waals surface area contributed by atoms with Crippen LogP contribution in [0, 0.1) is 0 Å². The molecule has 1 amide bonds. The molecule has 1 aliphatic rings. The SMILES string of the molecule is CNC1/C=C/CCCC[C@H]1NC(=O)OC(C)(C)C. The zero-order chi connectivity index (χ0) is 13.6. The van der Waals surface area contributed by atoms with Crippen molar-refractivity contribution in [1.82, 2.24) is 10.6 Å². The Morgan fingerprint density at radius 1 is 1.33 bits per heavy atom. The maximum Gasteiger partial charge on any atom is 0.407 e. The lowest BCUT2D eigenvalue weighted by Gasteiger charge is -2.28. The lowest BCUT2D eigenvalue weighted by molar-refractivity contribution is 0.0494. The van der Waals surface area contributed by atoms with Gasteiger partial charge in [0.1, 0.15) is 5.60 Å². The van der Waals surface area contributed by atoms with Gasteiger partial charge in [-0.1, -0.05) is 18.6 Å². The number of allylic oxidation sites excluding steroid dienone is 1. The van der Waals surface area contributed by atoms with Crippen molar-refractivity contribution in [2.45, 2.75) is 64.1 Å². The quantitative estimate of drug-likeness (QED) is 0.745. The van der Waals surface area contributed by atoms with Crippen molar-refractivity contribution in [2.75, 3.05) is 7.05 Å². The summed E-state index contributed by atoms with van der Waals surface area (Å²) in [5.74, 6) is 0. The molecule has 0 aromatic carbocycles. The van der Waals surface area contributed by atoms with Crippen LogP contribution < -0.4 is 10.6 Å². The second kappa shape index (κ2) is 6.78. The number of carbonyl (C=O) groups excluding carboxylic acids is 1. The summed E-state index contributed by atoms with van der Waals surface area (Å²) in [5.41, 5.74) is -0.448. The number of likely N-dealkylation sites (N-methyl/N-ethyl adjacent to an activating group) is 1. The lowest BCUT2D eigenvalue weighted by atomic mass is 9.97. The Morgan fingerprint density at radius 2 is 2.06 bits per heavy atom. The molecule has 0 aromatic heterocycles. The average Bonchev–Trinajstić information content (AvgIpc) is 2.20. The number of hydrogen-bond donors (Lipinski definition) is 2. The van der Waals surface area contributed by atoms with E-state index in [0.717, 1.165) is 19.3 Å². The fraction of sp³-hybridized carbons (Fsp3) is 0.786. The van der Waals surface area contributed by atoms with Crippen LogP contribution in [-0.4, -0.2) is 30.8 Å². The lowest BCUT2D eigenvalue weighted by Crippen LogP contribution is -2.49. The van der Waals surface area contributed by atoms with Gasteiger partial charge < -0.3 is 15.4 Å². The third-order valence-corrected chi connectivity index (χ3v) is 2.95. The van der Waals surface area contributed by atoms with E-state index in [2.05, 4.69) is 22.8 Å². The summed E-state index contributed by atoms with van der Waals surface area (Å²) < 4.78 is 5.30. The molecule has 1 aliphatic carbocycles. The monoisotopic (exact) mass is 254 g/mol. The minimum absolute atomic E-state index is 0.0985. The highest BCUT2D eigenvalue weighted by atomic mass is 16.6. The minimum Gasteiger partial charge on any atom is -0.444 e. The van der Waals surface area contributed by atoms with Crippen molar-refractivity contribution in [3.63, 3.8) is 0 Å². The molecule has 0 saturated carbocycles. The van der Waals surface area contributed by atoms with Gasteiger partial charge in [-0.2, -0.15) is 0 Å². The Bertz CT molecular complexity index is 295. The zero-order valence-electron chi connectivity index (χ0n) is 12.0. The van der Waals surface area contributed by atoms with Crippen LogP contribution in [0.3, 0.4) is 0 Å². The van der Waals surface area contributed by atoms with E-state index in [1.807, 2.05) is 27.8 Å². The fourth-order valence-corrected chi connectivity index (χ4v) is 2.10. The topological polar surface area (TPSA) is 50.4 Å². The molecule has 18 heavy (non-hydrogen) atoms. The molecule has 1 rings (SSSR count). The molecule has 0 aliphatic heterocycles. The molecule has 2 atom stereocenters. The third-order valence-electron chi connectivity index (χ3n) is 2.95. The van der Waals surface area contributed by atoms with E-state index in [0.29, 0.717) is 0 Å². The van der Waals surface area contributed by atoms with Gasteiger partial charge >= 0.3 is 6.09 Å². The maximum absolute atomic E-state index is 11.8. The van der Waals surface area contributed by atoms with Gasteiger partial charge in [0.25, 0.3) is 0 Å². The Kier molecular flexibility index (Phi) is 5.66. The van der Waals surface area contributed by atoms with Crippen LogP contribution in [0.5, 0.6) is 0 Å². The normalized spacial score (nSPS) is 26.9. The largest absolute Gasteiger partial charge is 0.444 e. The van der Waals surface area contributed by atoms with Crippen LogP contribution in [0.4, 0.5) is 4.79 Å². The van der Waals surface area contributed by atoms with E-state index in [-0.39, 0.29) is 18.2 Å². The Hall–Kier alpha value is -1.03. The van der Waals surface area contributed by atoms with Crippen LogP contribution in [0.15, 0.2) is 12.2 Å². The van der Waals surface area contributed by atoms with E-state index in [1.165, 1.54) is 6.42 Å². The summed E-state index contributed by atoms with van der Waals surface area (Å²) in [6.07, 6.45) is 8.40. The van der Waals surface area contributed by atoms with Gasteiger partial charge in [0.2, 0.25) is 0 Å². The highest BCUT2D eigenvalue weighted by Crippen LogP contribution is 2.14. The van der Waals surface area contributed by atoms with Crippen molar-refractivity contribution in [2.24, 2.45) is 0 Å². The molecule has 0 radical (unpaired) electrons. The number of rotatable bonds is 2. The molecule has 0 bridgehead atoms. The first-order chi connectivity index (χ1) is 8.42. The van der Waals surface area contributed by atoms with Gasteiger partial charge in [0.05, 0.1) is 6.04 Å². The summed E-state index contributed by atoms with van der Waals surface area (Å²) in [7, 11) is 1.92. The molecule has 0 spiro atoms. The van der Waals surface area contributed by atoms with E-state index in [9.17, 15) is 4.79 Å². The second-order valence-corrected chi connectivity index (χ2v) is 5.78. The first-order valence-corrected chi connectivity index (χ1v) is 6.76. The maximum atomic E-state index is 11.8. The third kappa shape index (κ3) is 5.54. The molecule has 0 aromatic rings. The van der Waals surface area contributed by atoms with Crippen molar-refractivity contribution >= 4 is 6.09 Å². The molecule has 0 fully saturated rings. The Labute approximate surface area is 110 Å². The number of carbonyl (C=O) groups is 1. The molecular weight excluding hydrogens is 228 g/mol. The van der Waals surface area contributed by atoms with Crippen LogP contribution in [0.25, 0.3) is 0 Å². The first kappa shape index (κ1) is 15.0. The molecule has 0 heterocycles. The van der Waals surface area contributed by atoms with Crippen LogP contribution in [0.1, 0.15) is 46.5 Å². The van der Waals surface area contributed by atoms with Gasteiger partial charge in [0.15, 0.2) is 0 Å². The first-order valence-electron chi connectivity index (χ1n) is 6.76. The van der Waals surface area contributed by atoms with E-state index >= 15 is 0 Å². The Morgan fingerprint density at radius 3 is 2.67 bits per heavy atom. The molecule has 104 valence electrons. The number of alkyl carbamates (subject to hydrolysis) is 1. The standard InChI is InChI=1S/C14H26N2O2/c1-14(2,3)18-13(17)16-12-10-8-6-5-7-9-11(12)15-4/h7,9,11-12,15H,5-6,8,10H2,1-4H3,(H,16,17)/b9-7+/t11?,12-/m1/s1. The molecule has 1 unspecified atom stereocenters. The molecule has 0 saturated heterocycles. The van der Waals surface area contributed by atoms with Gasteiger partial charge in [-0.15, -0.1) is 0 Å². The van der Waals surface area contributed by atoms with Crippen LogP contribution in [0.2, 0.25) is 0 Å². The van der Waals surface area contributed by atoms with Crippen molar-refractivity contribution < 1.29 is 9.53 Å². The minimum atomic E-state index is -0.448. The highest BCUT2D eigenvalue weighted by molar-refractivity contribution is 5.68. The number of hydrogen-bond acceptors (Lipinski definition) is 3. The molecule has 4 heteroatoms. The predicted molar refractivity (Wildman–Crippen MR) is 73.6 cm³/mol. The van der Waals surface area contributed by atoms with Gasteiger partial charge in [0, 0.05) is 6.04 Å². The number of ether oxygens (including phenoxy) is 1. The van der Waals surface area contributed by atoms with Gasteiger partial charge in [-0.3, -0.25) is 0 Å². The Balaban J connectivity index is 2.58. The molecule has 2 N–H and O–H groups in total. The highest BCUT2D eigenvalue weighted by Gasteiger charge is 2.23. The second-order valence-electron chi connectivity index (χ2n) is 5.78. The summed E-state index contributed by atoms with van der Waals surface area (Å²) >= 11 is 0. The average molecular weight is 254 g/mol. The van der Waals surface area contributed by atoms with E-state index < -0.39 is 5.60 Å². The van der Waals surface area contributed by atoms with E-state index in [4.69, 9.17) is 4.74 Å². The van der Waals surface area contributed by atoms with Crippen molar-refractivity contribution in [3.8, 4) is 0 Å². The summed E-state index contributed by atoms with van der Waals surface area (Å²) in [6, 6.07) is 0.277. The molecular formula is C14H26N2O2. The smallest absolute Gasteiger partial charge is 0.407 e. The fourth-order valence-electron chi connectivity index (χ4n) is 2.10. The zero-order valence-corrected chi connectivity index (χ0v) is 12.0. The van der Waals surface area contributed by atoms with Crippen LogP contribution >= 0.6 is 0 Å². The van der Waals surface area contributed by atoms with Gasteiger partial charge in [-0.05, 0) is 47.1 Å². The van der Waals surface area contributed by atoms with Gasteiger partial charge in [-0.25, -0.2) is 4.79 Å². The molecule has 4 nitrogen and oxygen atoms in total. The predicted octanol–water partition coefficient (Wildman–Crippen LogP) is 2.60. The number of amides is 1.